The average Bonchev–Trinajstić information content (AvgIpc) is 3.18. The fraction of sp³-hybridized carbons (Fsp3) is 0.200. The topological polar surface area (TPSA) is 77.3 Å². The van der Waals surface area contributed by atoms with E-state index in [-0.39, 0.29) is 5.91 Å². The molecule has 0 aliphatic heterocycles. The molecule has 3 rings (SSSR count). The smallest absolute Gasteiger partial charge is 0.338 e. The van der Waals surface area contributed by atoms with Gasteiger partial charge in [-0.1, -0.05) is 23.4 Å². The third kappa shape index (κ3) is 4.20. The molecule has 1 amide bonds. The van der Waals surface area contributed by atoms with Crippen molar-refractivity contribution in [1.82, 2.24) is 19.9 Å². The Kier molecular flexibility index (Phi) is 5.30. The van der Waals surface area contributed by atoms with Crippen molar-refractivity contribution in [3.63, 3.8) is 0 Å². The zero-order valence-corrected chi connectivity index (χ0v) is 15.4. The maximum Gasteiger partial charge on any atom is 0.338 e. The zero-order valence-electron chi connectivity index (χ0n) is 15.4. The summed E-state index contributed by atoms with van der Waals surface area (Å²) in [6.07, 6.45) is 1.17. The number of ether oxygens (including phenoxy) is 1. The third-order valence-electron chi connectivity index (χ3n) is 4.01. The predicted molar refractivity (Wildman–Crippen MR) is 99.6 cm³/mol. The highest BCUT2D eigenvalue weighted by Gasteiger charge is 2.18. The molecule has 7 nitrogen and oxygen atoms in total. The first-order valence-corrected chi connectivity index (χ1v) is 8.46. The summed E-state index contributed by atoms with van der Waals surface area (Å²) in [7, 11) is 3.35. The summed E-state index contributed by atoms with van der Waals surface area (Å²) in [4.78, 5) is 25.7. The number of rotatable bonds is 5. The molecule has 0 spiro atoms. The van der Waals surface area contributed by atoms with Crippen LogP contribution in [0.2, 0.25) is 0 Å². The molecule has 0 saturated heterocycles. The van der Waals surface area contributed by atoms with Gasteiger partial charge in [0.05, 0.1) is 17.4 Å². The van der Waals surface area contributed by atoms with Gasteiger partial charge in [-0.15, -0.1) is 5.10 Å². The van der Waals surface area contributed by atoms with E-state index in [9.17, 15) is 9.59 Å². The average molecular weight is 364 g/mol. The van der Waals surface area contributed by atoms with Crippen LogP contribution in [0.4, 0.5) is 0 Å². The molecule has 0 aliphatic carbocycles. The molecule has 0 fully saturated rings. The summed E-state index contributed by atoms with van der Waals surface area (Å²) >= 11 is 0. The number of aromatic nitrogens is 3. The highest BCUT2D eigenvalue weighted by atomic mass is 16.5. The number of esters is 1. The number of carbonyl (C=O) groups is 2. The van der Waals surface area contributed by atoms with Crippen LogP contribution < -0.4 is 0 Å². The highest BCUT2D eigenvalue weighted by molar-refractivity contribution is 5.96. The van der Waals surface area contributed by atoms with Crippen molar-refractivity contribution in [2.45, 2.75) is 13.0 Å². The van der Waals surface area contributed by atoms with Crippen LogP contribution in [0, 0.1) is 0 Å². The summed E-state index contributed by atoms with van der Waals surface area (Å²) < 4.78 is 7.10. The Labute approximate surface area is 157 Å². The van der Waals surface area contributed by atoms with Crippen LogP contribution in [0.1, 0.15) is 39.4 Å². The molecule has 1 atom stereocenters. The summed E-state index contributed by atoms with van der Waals surface area (Å²) in [5.74, 6) is -0.610. The molecule has 27 heavy (non-hydrogen) atoms. The molecule has 1 unspecified atom stereocenters. The summed E-state index contributed by atoms with van der Waals surface area (Å²) in [5, 5.41) is 8.15. The van der Waals surface area contributed by atoms with Gasteiger partial charge in [-0.2, -0.15) is 0 Å². The number of hydrogen-bond donors (Lipinski definition) is 0. The van der Waals surface area contributed by atoms with Crippen molar-refractivity contribution in [3.05, 3.63) is 77.6 Å². The van der Waals surface area contributed by atoms with Gasteiger partial charge in [-0.05, 0) is 43.3 Å². The van der Waals surface area contributed by atoms with Gasteiger partial charge in [0.1, 0.15) is 11.8 Å². The van der Waals surface area contributed by atoms with Crippen molar-refractivity contribution in [3.8, 4) is 5.69 Å². The van der Waals surface area contributed by atoms with E-state index in [0.717, 1.165) is 5.69 Å². The standard InChI is InChI=1S/C20H20N4O3/c1-14(18-13-24(22-21-18)17-7-5-4-6-8-17)27-20(26)16-11-9-15(10-12-16)19(25)23(2)3/h4-14H,1-3H3. The van der Waals surface area contributed by atoms with E-state index < -0.39 is 12.1 Å². The van der Waals surface area contributed by atoms with E-state index in [4.69, 9.17) is 4.74 Å². The zero-order chi connectivity index (χ0) is 19.4. The SMILES string of the molecule is CC(OC(=O)c1ccc(C(=O)N(C)C)cc1)c1cn(-c2ccccc2)nn1. The summed E-state index contributed by atoms with van der Waals surface area (Å²) in [6.45, 7) is 1.74. The predicted octanol–water partition coefficient (Wildman–Crippen LogP) is 2.89. The second-order valence-electron chi connectivity index (χ2n) is 6.25. The molecule has 1 heterocycles. The molecule has 7 heteroatoms. The fourth-order valence-corrected chi connectivity index (χ4v) is 2.47. The van der Waals surface area contributed by atoms with Gasteiger partial charge in [0.2, 0.25) is 0 Å². The number of para-hydroxylation sites is 1. The molecule has 1 aromatic heterocycles. The minimum absolute atomic E-state index is 0.124. The Morgan fingerprint density at radius 1 is 1.00 bits per heavy atom. The largest absolute Gasteiger partial charge is 0.452 e. The normalized spacial score (nSPS) is 11.7. The Balaban J connectivity index is 1.67. The number of benzene rings is 2. The van der Waals surface area contributed by atoms with Gasteiger partial charge in [-0.3, -0.25) is 4.79 Å². The Morgan fingerprint density at radius 2 is 1.63 bits per heavy atom. The third-order valence-corrected chi connectivity index (χ3v) is 4.01. The number of hydrogen-bond acceptors (Lipinski definition) is 5. The lowest BCUT2D eigenvalue weighted by molar-refractivity contribution is 0.0329. The second-order valence-corrected chi connectivity index (χ2v) is 6.25. The molecule has 0 aliphatic rings. The van der Waals surface area contributed by atoms with E-state index in [0.29, 0.717) is 16.8 Å². The van der Waals surface area contributed by atoms with Crippen molar-refractivity contribution >= 4 is 11.9 Å². The van der Waals surface area contributed by atoms with Crippen LogP contribution in [0.5, 0.6) is 0 Å². The first-order chi connectivity index (χ1) is 13.0. The van der Waals surface area contributed by atoms with Crippen molar-refractivity contribution in [2.75, 3.05) is 14.1 Å². The van der Waals surface area contributed by atoms with Crippen molar-refractivity contribution < 1.29 is 14.3 Å². The first-order valence-electron chi connectivity index (χ1n) is 8.46. The van der Waals surface area contributed by atoms with Crippen LogP contribution in [-0.2, 0) is 4.74 Å². The van der Waals surface area contributed by atoms with Crippen LogP contribution in [0.15, 0.2) is 60.8 Å². The first kappa shape index (κ1) is 18.3. The van der Waals surface area contributed by atoms with E-state index >= 15 is 0 Å². The Bertz CT molecular complexity index is 933. The lowest BCUT2D eigenvalue weighted by atomic mass is 10.1. The van der Waals surface area contributed by atoms with Gasteiger partial charge < -0.3 is 9.64 Å². The lowest BCUT2D eigenvalue weighted by Gasteiger charge is -2.12. The summed E-state index contributed by atoms with van der Waals surface area (Å²) in [5.41, 5.74) is 2.30. The van der Waals surface area contributed by atoms with Crippen molar-refractivity contribution in [1.29, 1.82) is 0 Å². The molecular formula is C20H20N4O3. The molecule has 2 aromatic carbocycles. The van der Waals surface area contributed by atoms with Crippen LogP contribution in [0.25, 0.3) is 5.69 Å². The van der Waals surface area contributed by atoms with E-state index in [2.05, 4.69) is 10.3 Å². The van der Waals surface area contributed by atoms with E-state index in [1.54, 1.807) is 56.2 Å². The second kappa shape index (κ2) is 7.82. The molecule has 0 N–H and O–H groups in total. The minimum atomic E-state index is -0.557. The molecule has 0 saturated carbocycles. The van der Waals surface area contributed by atoms with Gasteiger partial charge in [0.15, 0.2) is 0 Å². The quantitative estimate of drug-likeness (QED) is 0.651. The van der Waals surface area contributed by atoms with Gasteiger partial charge in [-0.25, -0.2) is 9.48 Å². The summed E-state index contributed by atoms with van der Waals surface area (Å²) in [6, 6.07) is 15.9. The highest BCUT2D eigenvalue weighted by Crippen LogP contribution is 2.18. The Hall–Kier alpha value is -3.48. The van der Waals surface area contributed by atoms with Gasteiger partial charge >= 0.3 is 5.97 Å². The molecular weight excluding hydrogens is 344 g/mol. The Morgan fingerprint density at radius 3 is 2.26 bits per heavy atom. The molecule has 0 radical (unpaired) electrons. The molecule has 138 valence electrons. The van der Waals surface area contributed by atoms with Crippen LogP contribution >= 0.6 is 0 Å². The molecule has 3 aromatic rings. The van der Waals surface area contributed by atoms with Gasteiger partial charge in [0.25, 0.3) is 5.91 Å². The maximum absolute atomic E-state index is 12.3. The monoisotopic (exact) mass is 364 g/mol. The number of nitrogens with zero attached hydrogens (tertiary/aromatic N) is 4. The lowest BCUT2D eigenvalue weighted by Crippen LogP contribution is -2.21. The van der Waals surface area contributed by atoms with E-state index in [1.165, 1.54) is 4.90 Å². The van der Waals surface area contributed by atoms with Gasteiger partial charge in [0, 0.05) is 19.7 Å². The number of amides is 1. The fourth-order valence-electron chi connectivity index (χ4n) is 2.47. The molecule has 0 bridgehead atoms. The van der Waals surface area contributed by atoms with Crippen molar-refractivity contribution in [2.24, 2.45) is 0 Å². The van der Waals surface area contributed by atoms with Crippen LogP contribution in [0.3, 0.4) is 0 Å². The maximum atomic E-state index is 12.3. The van der Waals surface area contributed by atoms with E-state index in [1.807, 2.05) is 30.3 Å². The minimum Gasteiger partial charge on any atom is -0.452 e. The van der Waals surface area contributed by atoms with Crippen LogP contribution in [-0.4, -0.2) is 45.9 Å². The number of carbonyl (C=O) groups excluding carboxylic acids is 2.